The lowest BCUT2D eigenvalue weighted by atomic mass is 10.0. The number of alkyl halides is 3. The molecule has 1 aromatic carbocycles. The second-order valence-corrected chi connectivity index (χ2v) is 4.89. The summed E-state index contributed by atoms with van der Waals surface area (Å²) in [5.74, 6) is -0.220. The maximum atomic E-state index is 11.9. The highest BCUT2D eigenvalue weighted by molar-refractivity contribution is 5.82. The van der Waals surface area contributed by atoms with Gasteiger partial charge in [0.15, 0.2) is 5.78 Å². The van der Waals surface area contributed by atoms with E-state index in [1.165, 1.54) is 11.1 Å². The Hall–Kier alpha value is -1.36. The van der Waals surface area contributed by atoms with Crippen molar-refractivity contribution in [3.8, 4) is 0 Å². The summed E-state index contributed by atoms with van der Waals surface area (Å²) >= 11 is 0. The average Bonchev–Trinajstić information content (AvgIpc) is 2.74. The van der Waals surface area contributed by atoms with Crippen LogP contribution >= 0.6 is 0 Å². The molecule has 0 saturated heterocycles. The Balaban J connectivity index is 1.82. The van der Waals surface area contributed by atoms with Crippen LogP contribution in [0, 0.1) is 0 Å². The molecule has 0 bridgehead atoms. The number of hydrogen-bond donors (Lipinski definition) is 1. The second-order valence-electron chi connectivity index (χ2n) is 4.89. The normalized spacial score (nSPS) is 14.5. The number of aryl methyl sites for hydroxylation is 2. The summed E-state index contributed by atoms with van der Waals surface area (Å²) in [5.41, 5.74) is 3.49. The molecule has 0 fully saturated rings. The van der Waals surface area contributed by atoms with Crippen molar-refractivity contribution in [1.82, 2.24) is 5.32 Å². The Labute approximate surface area is 110 Å². The van der Waals surface area contributed by atoms with Gasteiger partial charge in [0, 0.05) is 6.42 Å². The average molecular weight is 271 g/mol. The molecule has 2 rings (SSSR count). The Morgan fingerprint density at radius 2 is 1.95 bits per heavy atom. The summed E-state index contributed by atoms with van der Waals surface area (Å²) in [4.78, 5) is 11.6. The van der Waals surface area contributed by atoms with E-state index in [1.54, 1.807) is 0 Å². The lowest BCUT2D eigenvalue weighted by molar-refractivity contribution is -0.127. The van der Waals surface area contributed by atoms with Crippen LogP contribution in [0.2, 0.25) is 0 Å². The first kappa shape index (κ1) is 14.1. The van der Waals surface area contributed by atoms with Crippen LogP contribution in [-0.4, -0.2) is 25.0 Å². The molecule has 19 heavy (non-hydrogen) atoms. The quantitative estimate of drug-likeness (QED) is 0.891. The van der Waals surface area contributed by atoms with Crippen LogP contribution in [0.3, 0.4) is 0 Å². The molecular formula is C14H16F3NO. The molecule has 1 aliphatic carbocycles. The van der Waals surface area contributed by atoms with Gasteiger partial charge in [-0.15, -0.1) is 0 Å². The van der Waals surface area contributed by atoms with Gasteiger partial charge in [-0.3, -0.25) is 4.79 Å². The summed E-state index contributed by atoms with van der Waals surface area (Å²) in [6.07, 6.45) is -0.827. The molecule has 0 unspecified atom stereocenters. The lowest BCUT2D eigenvalue weighted by Gasteiger charge is -2.08. The van der Waals surface area contributed by atoms with Crippen molar-refractivity contribution in [2.75, 3.05) is 13.1 Å². The Morgan fingerprint density at radius 3 is 2.68 bits per heavy atom. The number of carbonyl (C=O) groups is 1. The Kier molecular flexibility index (Phi) is 4.24. The van der Waals surface area contributed by atoms with Crippen molar-refractivity contribution >= 4 is 5.78 Å². The van der Waals surface area contributed by atoms with E-state index in [1.807, 2.05) is 18.2 Å². The summed E-state index contributed by atoms with van der Waals surface area (Å²) in [6.45, 7) is -1.36. The minimum absolute atomic E-state index is 0.193. The van der Waals surface area contributed by atoms with E-state index in [0.29, 0.717) is 0 Å². The minimum atomic E-state index is -4.27. The van der Waals surface area contributed by atoms with Gasteiger partial charge in [-0.25, -0.2) is 0 Å². The molecule has 0 aliphatic heterocycles. The molecular weight excluding hydrogens is 255 g/mol. The van der Waals surface area contributed by atoms with Gasteiger partial charge in [-0.1, -0.05) is 18.2 Å². The highest BCUT2D eigenvalue weighted by atomic mass is 19.4. The van der Waals surface area contributed by atoms with Gasteiger partial charge in [0.25, 0.3) is 0 Å². The number of fused-ring (bicyclic) bond motifs is 1. The van der Waals surface area contributed by atoms with Gasteiger partial charge in [-0.2, -0.15) is 13.2 Å². The highest BCUT2D eigenvalue weighted by Crippen LogP contribution is 2.23. The van der Waals surface area contributed by atoms with E-state index >= 15 is 0 Å². The van der Waals surface area contributed by atoms with E-state index in [0.717, 1.165) is 24.8 Å². The first-order valence-electron chi connectivity index (χ1n) is 6.34. The van der Waals surface area contributed by atoms with Crippen LogP contribution in [0.1, 0.15) is 23.1 Å². The molecule has 0 amide bonds. The monoisotopic (exact) mass is 271 g/mol. The molecule has 1 N–H and O–H groups in total. The predicted octanol–water partition coefficient (Wildman–Crippen LogP) is 2.44. The van der Waals surface area contributed by atoms with Crippen molar-refractivity contribution in [2.24, 2.45) is 0 Å². The van der Waals surface area contributed by atoms with Crippen LogP contribution < -0.4 is 5.32 Å². The number of nitrogens with one attached hydrogen (secondary N) is 1. The fourth-order valence-corrected chi connectivity index (χ4v) is 2.37. The van der Waals surface area contributed by atoms with Gasteiger partial charge in [-0.05, 0) is 36.0 Å². The molecule has 0 radical (unpaired) electrons. The van der Waals surface area contributed by atoms with Crippen molar-refractivity contribution in [3.63, 3.8) is 0 Å². The topological polar surface area (TPSA) is 29.1 Å². The molecule has 0 spiro atoms. The first-order valence-corrected chi connectivity index (χ1v) is 6.34. The number of Topliss-reactive ketones (excluding diaryl/α,β-unsaturated/α-hetero) is 1. The number of rotatable bonds is 5. The largest absolute Gasteiger partial charge is 0.401 e. The van der Waals surface area contributed by atoms with Crippen LogP contribution in [-0.2, 0) is 24.1 Å². The Morgan fingerprint density at radius 1 is 1.21 bits per heavy atom. The molecule has 2 nitrogen and oxygen atoms in total. The Bertz CT molecular complexity index is 468. The first-order chi connectivity index (χ1) is 8.94. The second kappa shape index (κ2) is 5.74. The van der Waals surface area contributed by atoms with E-state index in [-0.39, 0.29) is 18.7 Å². The van der Waals surface area contributed by atoms with Crippen molar-refractivity contribution in [1.29, 1.82) is 0 Å². The number of hydrogen-bond acceptors (Lipinski definition) is 2. The van der Waals surface area contributed by atoms with Crippen LogP contribution in [0.4, 0.5) is 13.2 Å². The van der Waals surface area contributed by atoms with Crippen molar-refractivity contribution in [3.05, 3.63) is 34.9 Å². The van der Waals surface area contributed by atoms with Gasteiger partial charge >= 0.3 is 6.18 Å². The summed E-state index contributed by atoms with van der Waals surface area (Å²) < 4.78 is 35.7. The van der Waals surface area contributed by atoms with Crippen LogP contribution in [0.15, 0.2) is 18.2 Å². The molecule has 0 atom stereocenters. The van der Waals surface area contributed by atoms with Gasteiger partial charge in [0.05, 0.1) is 13.1 Å². The zero-order valence-corrected chi connectivity index (χ0v) is 10.5. The maximum absolute atomic E-state index is 11.9. The van der Waals surface area contributed by atoms with E-state index in [4.69, 9.17) is 0 Å². The third kappa shape index (κ3) is 4.35. The van der Waals surface area contributed by atoms with Gasteiger partial charge in [0.1, 0.15) is 0 Å². The van der Waals surface area contributed by atoms with Gasteiger partial charge in [0.2, 0.25) is 0 Å². The number of halogens is 3. The zero-order chi connectivity index (χ0) is 13.9. The van der Waals surface area contributed by atoms with Crippen molar-refractivity contribution < 1.29 is 18.0 Å². The predicted molar refractivity (Wildman–Crippen MR) is 66.1 cm³/mol. The van der Waals surface area contributed by atoms with E-state index < -0.39 is 12.7 Å². The minimum Gasteiger partial charge on any atom is -0.302 e. The SMILES string of the molecule is O=C(CNCC(F)(F)F)Cc1ccc2c(c1)CCC2. The van der Waals surface area contributed by atoms with Crippen molar-refractivity contribution in [2.45, 2.75) is 31.9 Å². The molecule has 0 heterocycles. The number of carbonyl (C=O) groups excluding carboxylic acids is 1. The van der Waals surface area contributed by atoms with E-state index in [9.17, 15) is 18.0 Å². The summed E-state index contributed by atoms with van der Waals surface area (Å²) in [7, 11) is 0. The van der Waals surface area contributed by atoms with Gasteiger partial charge < -0.3 is 5.32 Å². The van der Waals surface area contributed by atoms with Crippen LogP contribution in [0.25, 0.3) is 0 Å². The zero-order valence-electron chi connectivity index (χ0n) is 10.5. The standard InChI is InChI=1S/C14H16F3NO/c15-14(16,17)9-18-8-13(19)7-10-4-5-11-2-1-3-12(11)6-10/h4-6,18H,1-3,7-9H2. The fourth-order valence-electron chi connectivity index (χ4n) is 2.37. The molecule has 0 aromatic heterocycles. The molecule has 1 aliphatic rings. The summed E-state index contributed by atoms with van der Waals surface area (Å²) in [6, 6.07) is 5.92. The highest BCUT2D eigenvalue weighted by Gasteiger charge is 2.26. The number of benzene rings is 1. The molecule has 1 aromatic rings. The van der Waals surface area contributed by atoms with E-state index in [2.05, 4.69) is 5.32 Å². The lowest BCUT2D eigenvalue weighted by Crippen LogP contribution is -2.33. The molecule has 104 valence electrons. The fraction of sp³-hybridized carbons (Fsp3) is 0.500. The molecule has 0 saturated carbocycles. The third-order valence-corrected chi connectivity index (χ3v) is 3.21. The smallest absolute Gasteiger partial charge is 0.302 e. The maximum Gasteiger partial charge on any atom is 0.401 e. The summed E-state index contributed by atoms with van der Waals surface area (Å²) in [5, 5.41) is 2.12. The number of ketones is 1. The van der Waals surface area contributed by atoms with Crippen LogP contribution in [0.5, 0.6) is 0 Å². The third-order valence-electron chi connectivity index (χ3n) is 3.21. The molecule has 5 heteroatoms.